The molecule has 0 saturated heterocycles. The highest BCUT2D eigenvalue weighted by molar-refractivity contribution is 7.07. The van der Waals surface area contributed by atoms with Crippen molar-refractivity contribution in [1.29, 1.82) is 0 Å². The Bertz CT molecular complexity index is 1790. The van der Waals surface area contributed by atoms with Crippen LogP contribution in [0.2, 0.25) is 0 Å². The lowest BCUT2D eigenvalue weighted by Crippen LogP contribution is -2.39. The minimum absolute atomic E-state index is 0.00431. The number of carbonyl (C=O) groups is 1. The third-order valence-corrected chi connectivity index (χ3v) is 7.38. The molecule has 1 aromatic heterocycles. The van der Waals surface area contributed by atoms with Gasteiger partial charge >= 0.3 is 5.97 Å². The largest absolute Gasteiger partial charge is 0.489 e. The van der Waals surface area contributed by atoms with Gasteiger partial charge in [-0.3, -0.25) is 19.5 Å². The first-order valence-electron chi connectivity index (χ1n) is 12.6. The van der Waals surface area contributed by atoms with Crippen LogP contribution >= 0.6 is 11.3 Å². The highest BCUT2D eigenvalue weighted by Gasteiger charge is 2.33. The maximum Gasteiger partial charge on any atom is 0.338 e. The summed E-state index contributed by atoms with van der Waals surface area (Å²) in [6, 6.07) is 22.2. The van der Waals surface area contributed by atoms with Crippen LogP contribution in [0.3, 0.4) is 0 Å². The van der Waals surface area contributed by atoms with Crippen LogP contribution in [-0.4, -0.2) is 22.1 Å². The summed E-state index contributed by atoms with van der Waals surface area (Å²) in [5.74, 6) is 0.0406. The first kappa shape index (κ1) is 26.8. The zero-order valence-electron chi connectivity index (χ0n) is 21.8. The first-order valence-corrected chi connectivity index (χ1v) is 13.4. The maximum atomic E-state index is 13.7. The molecule has 0 N–H and O–H groups in total. The maximum absolute atomic E-state index is 13.7. The predicted octanol–water partition coefficient (Wildman–Crippen LogP) is 4.29. The number of hydrogen-bond donors (Lipinski definition) is 0. The van der Waals surface area contributed by atoms with Crippen molar-refractivity contribution in [2.45, 2.75) is 26.5 Å². The number of nitro benzene ring substituents is 1. The van der Waals surface area contributed by atoms with Crippen LogP contribution in [0.25, 0.3) is 6.08 Å². The van der Waals surface area contributed by atoms with Gasteiger partial charge in [-0.15, -0.1) is 0 Å². The van der Waals surface area contributed by atoms with Crippen LogP contribution < -0.4 is 19.6 Å². The van der Waals surface area contributed by atoms with E-state index in [-0.39, 0.29) is 24.5 Å². The number of nitrogens with zero attached hydrogens (tertiary/aromatic N) is 3. The number of allylic oxidation sites excluding steroid dienone is 1. The van der Waals surface area contributed by atoms with Gasteiger partial charge in [0.2, 0.25) is 0 Å². The summed E-state index contributed by atoms with van der Waals surface area (Å²) >= 11 is 1.25. The van der Waals surface area contributed by atoms with Gasteiger partial charge in [-0.25, -0.2) is 9.79 Å². The molecule has 0 radical (unpaired) electrons. The van der Waals surface area contributed by atoms with E-state index in [0.717, 1.165) is 11.1 Å². The van der Waals surface area contributed by atoms with Crippen LogP contribution in [0.4, 0.5) is 5.69 Å². The number of rotatable bonds is 8. The Hall–Kier alpha value is -4.83. The van der Waals surface area contributed by atoms with Crippen molar-refractivity contribution < 1.29 is 19.2 Å². The molecule has 1 aliphatic heterocycles. The molecule has 5 rings (SSSR count). The second-order valence-corrected chi connectivity index (χ2v) is 9.97. The summed E-state index contributed by atoms with van der Waals surface area (Å²) in [6.07, 6.45) is 1.76. The molecular formula is C30H25N3O6S. The summed E-state index contributed by atoms with van der Waals surface area (Å²) in [5.41, 5.74) is 2.62. The number of ether oxygens (including phenoxy) is 2. The van der Waals surface area contributed by atoms with Crippen LogP contribution in [-0.2, 0) is 16.1 Å². The lowest BCUT2D eigenvalue weighted by Gasteiger charge is -2.24. The molecule has 10 heteroatoms. The molecule has 0 aliphatic carbocycles. The van der Waals surface area contributed by atoms with E-state index in [9.17, 15) is 19.7 Å². The standard InChI is InChI=1S/C30H25N3O6S/c1-3-38-29(35)26-19(2)31-30-32(27(26)21-9-5-4-6-10-21)28(34)25(40-30)17-20-13-15-23(16-14-20)39-18-22-11-7-8-12-24(22)33(36)37/h4-17,27H,3,18H2,1-2H3/t27-/m1/s1. The second-order valence-electron chi connectivity index (χ2n) is 8.96. The fraction of sp³-hybridized carbons (Fsp3) is 0.167. The zero-order valence-corrected chi connectivity index (χ0v) is 22.6. The summed E-state index contributed by atoms with van der Waals surface area (Å²) in [6.45, 7) is 3.75. The van der Waals surface area contributed by atoms with Crippen LogP contribution in [0.1, 0.15) is 36.6 Å². The first-order chi connectivity index (χ1) is 19.4. The highest BCUT2D eigenvalue weighted by atomic mass is 32.1. The van der Waals surface area contributed by atoms with E-state index in [1.54, 1.807) is 67.0 Å². The number of fused-ring (bicyclic) bond motifs is 1. The fourth-order valence-electron chi connectivity index (χ4n) is 4.53. The number of hydrogen-bond acceptors (Lipinski definition) is 8. The number of esters is 1. The van der Waals surface area contributed by atoms with Crippen LogP contribution in [0.5, 0.6) is 5.75 Å². The number of benzene rings is 3. The molecule has 2 heterocycles. The van der Waals surface area contributed by atoms with Gasteiger partial charge in [0.1, 0.15) is 12.4 Å². The van der Waals surface area contributed by atoms with Gasteiger partial charge in [-0.1, -0.05) is 65.9 Å². The normalized spacial score (nSPS) is 14.8. The fourth-order valence-corrected chi connectivity index (χ4v) is 5.57. The monoisotopic (exact) mass is 555 g/mol. The Morgan fingerprint density at radius 1 is 1.07 bits per heavy atom. The average molecular weight is 556 g/mol. The van der Waals surface area contributed by atoms with Gasteiger partial charge in [0.25, 0.3) is 11.2 Å². The molecular weight excluding hydrogens is 530 g/mol. The van der Waals surface area contributed by atoms with E-state index in [2.05, 4.69) is 4.99 Å². The SMILES string of the molecule is CCOC(=O)C1=C(C)N=c2sc(=Cc3ccc(OCc4ccccc4[N+](=O)[O-])cc3)c(=O)n2[C@@H]1c1ccccc1. The molecule has 4 aromatic rings. The number of para-hydroxylation sites is 1. The molecule has 1 aliphatic rings. The zero-order chi connectivity index (χ0) is 28.2. The van der Waals surface area contributed by atoms with Crippen LogP contribution in [0, 0.1) is 10.1 Å². The molecule has 0 spiro atoms. The molecule has 0 fully saturated rings. The predicted molar refractivity (Wildman–Crippen MR) is 151 cm³/mol. The van der Waals surface area contributed by atoms with Crippen molar-refractivity contribution >= 4 is 29.1 Å². The molecule has 0 amide bonds. The Morgan fingerprint density at radius 3 is 2.48 bits per heavy atom. The Morgan fingerprint density at radius 2 is 1.77 bits per heavy atom. The Kier molecular flexibility index (Phi) is 7.70. The Labute approximate surface area is 233 Å². The third-order valence-electron chi connectivity index (χ3n) is 6.39. The second kappa shape index (κ2) is 11.5. The van der Waals surface area contributed by atoms with Gasteiger partial charge in [0.05, 0.1) is 38.9 Å². The van der Waals surface area contributed by atoms with E-state index in [0.29, 0.717) is 31.9 Å². The minimum Gasteiger partial charge on any atom is -0.489 e. The van der Waals surface area contributed by atoms with E-state index in [1.807, 2.05) is 30.3 Å². The highest BCUT2D eigenvalue weighted by Crippen LogP contribution is 2.30. The smallest absolute Gasteiger partial charge is 0.338 e. The molecule has 0 bridgehead atoms. The number of carbonyl (C=O) groups excluding carboxylic acids is 1. The van der Waals surface area contributed by atoms with Gasteiger partial charge in [-0.2, -0.15) is 0 Å². The van der Waals surface area contributed by atoms with Gasteiger partial charge in [0, 0.05) is 6.07 Å². The summed E-state index contributed by atoms with van der Waals surface area (Å²) < 4.78 is 13.1. The molecule has 0 saturated carbocycles. The van der Waals surface area contributed by atoms with Gasteiger partial charge in [0.15, 0.2) is 4.80 Å². The molecule has 40 heavy (non-hydrogen) atoms. The van der Waals surface area contributed by atoms with Gasteiger partial charge in [-0.05, 0) is 49.2 Å². The van der Waals surface area contributed by atoms with Crippen molar-refractivity contribution in [2.75, 3.05) is 6.61 Å². The number of thiazole rings is 1. The molecule has 9 nitrogen and oxygen atoms in total. The summed E-state index contributed by atoms with van der Waals surface area (Å²) in [7, 11) is 0. The molecule has 1 atom stereocenters. The van der Waals surface area contributed by atoms with Gasteiger partial charge < -0.3 is 9.47 Å². The molecule has 3 aromatic carbocycles. The molecule has 202 valence electrons. The topological polar surface area (TPSA) is 113 Å². The summed E-state index contributed by atoms with van der Waals surface area (Å²) in [5, 5.41) is 11.2. The Balaban J connectivity index is 1.46. The van der Waals surface area contributed by atoms with E-state index in [4.69, 9.17) is 9.47 Å². The number of nitro groups is 1. The van der Waals surface area contributed by atoms with Crippen molar-refractivity contribution in [3.8, 4) is 5.75 Å². The lowest BCUT2D eigenvalue weighted by molar-refractivity contribution is -0.385. The minimum atomic E-state index is -0.656. The molecule has 0 unspecified atom stereocenters. The number of aromatic nitrogens is 1. The van der Waals surface area contributed by atoms with E-state index < -0.39 is 16.9 Å². The van der Waals surface area contributed by atoms with Crippen molar-refractivity contribution in [3.05, 3.63) is 137 Å². The quantitative estimate of drug-likeness (QED) is 0.182. The van der Waals surface area contributed by atoms with Crippen molar-refractivity contribution in [2.24, 2.45) is 4.99 Å². The van der Waals surface area contributed by atoms with Crippen molar-refractivity contribution in [3.63, 3.8) is 0 Å². The van der Waals surface area contributed by atoms with Crippen LogP contribution in [0.15, 0.2) is 99.9 Å². The lowest BCUT2D eigenvalue weighted by atomic mass is 9.96. The average Bonchev–Trinajstić information content (AvgIpc) is 3.26. The summed E-state index contributed by atoms with van der Waals surface area (Å²) in [4.78, 5) is 42.5. The van der Waals surface area contributed by atoms with E-state index in [1.165, 1.54) is 17.4 Å². The van der Waals surface area contributed by atoms with Crippen molar-refractivity contribution in [1.82, 2.24) is 4.57 Å². The van der Waals surface area contributed by atoms with E-state index >= 15 is 0 Å². The third kappa shape index (κ3) is 5.34.